The molecule has 0 aromatic carbocycles. The standard InChI is InChI=1S/C24H49Br/c1-3-5-7-9-11-13-15-17-20-24(22-19-23-25)21-18-16-14-12-10-8-6-4-2/h24H,3-23H2,1-2H3. The maximum Gasteiger partial charge on any atom is 0.00314 e. The van der Waals surface area contributed by atoms with E-state index >= 15 is 0 Å². The maximum absolute atomic E-state index is 3.62. The number of alkyl halides is 1. The van der Waals surface area contributed by atoms with Gasteiger partial charge in [-0.05, 0) is 18.8 Å². The molecule has 0 atom stereocenters. The lowest BCUT2D eigenvalue weighted by molar-refractivity contribution is 0.378. The first kappa shape index (κ1) is 25.5. The van der Waals surface area contributed by atoms with E-state index in [-0.39, 0.29) is 0 Å². The Morgan fingerprint density at radius 1 is 0.440 bits per heavy atom. The highest BCUT2D eigenvalue weighted by molar-refractivity contribution is 9.09. The summed E-state index contributed by atoms with van der Waals surface area (Å²) >= 11 is 3.62. The quantitative estimate of drug-likeness (QED) is 0.129. The molecule has 0 aromatic heterocycles. The summed E-state index contributed by atoms with van der Waals surface area (Å²) < 4.78 is 0. The second-order valence-corrected chi connectivity index (χ2v) is 9.02. The maximum atomic E-state index is 3.62. The van der Waals surface area contributed by atoms with Crippen LogP contribution in [-0.2, 0) is 0 Å². The van der Waals surface area contributed by atoms with Crippen LogP contribution in [0.2, 0.25) is 0 Å². The Labute approximate surface area is 169 Å². The zero-order valence-electron chi connectivity index (χ0n) is 17.8. The van der Waals surface area contributed by atoms with Crippen molar-refractivity contribution in [3.05, 3.63) is 0 Å². The summed E-state index contributed by atoms with van der Waals surface area (Å²) in [5.41, 5.74) is 0. The van der Waals surface area contributed by atoms with Crippen molar-refractivity contribution in [3.8, 4) is 0 Å². The average Bonchev–Trinajstić information content (AvgIpc) is 2.63. The summed E-state index contributed by atoms with van der Waals surface area (Å²) in [6.07, 6.45) is 29.1. The summed E-state index contributed by atoms with van der Waals surface area (Å²) in [7, 11) is 0. The number of halogens is 1. The first-order valence-corrected chi connectivity index (χ1v) is 13.0. The van der Waals surface area contributed by atoms with Crippen molar-refractivity contribution in [3.63, 3.8) is 0 Å². The number of hydrogen-bond donors (Lipinski definition) is 0. The van der Waals surface area contributed by atoms with Gasteiger partial charge in [-0.3, -0.25) is 0 Å². The summed E-state index contributed by atoms with van der Waals surface area (Å²) in [5.74, 6) is 1.01. The molecule has 152 valence electrons. The molecule has 0 saturated carbocycles. The van der Waals surface area contributed by atoms with Gasteiger partial charge in [-0.1, -0.05) is 145 Å². The Bertz CT molecular complexity index is 206. The van der Waals surface area contributed by atoms with Gasteiger partial charge in [0.15, 0.2) is 0 Å². The van der Waals surface area contributed by atoms with Crippen molar-refractivity contribution in [2.75, 3.05) is 5.33 Å². The van der Waals surface area contributed by atoms with E-state index < -0.39 is 0 Å². The van der Waals surface area contributed by atoms with E-state index in [2.05, 4.69) is 29.8 Å². The molecule has 0 saturated heterocycles. The van der Waals surface area contributed by atoms with E-state index in [9.17, 15) is 0 Å². The van der Waals surface area contributed by atoms with E-state index in [1.165, 1.54) is 134 Å². The number of hydrogen-bond acceptors (Lipinski definition) is 0. The molecular formula is C24H49Br. The van der Waals surface area contributed by atoms with Gasteiger partial charge in [0.2, 0.25) is 0 Å². The van der Waals surface area contributed by atoms with Gasteiger partial charge in [0, 0.05) is 5.33 Å². The van der Waals surface area contributed by atoms with Gasteiger partial charge in [-0.2, -0.15) is 0 Å². The molecule has 0 aliphatic rings. The topological polar surface area (TPSA) is 0 Å². The predicted octanol–water partition coefficient (Wildman–Crippen LogP) is 9.84. The number of unbranched alkanes of at least 4 members (excludes halogenated alkanes) is 14. The van der Waals surface area contributed by atoms with Gasteiger partial charge in [-0.15, -0.1) is 0 Å². The highest BCUT2D eigenvalue weighted by atomic mass is 79.9. The van der Waals surface area contributed by atoms with E-state index in [0.717, 1.165) is 5.92 Å². The smallest absolute Gasteiger partial charge is 0.00314 e. The summed E-state index contributed by atoms with van der Waals surface area (Å²) in [4.78, 5) is 0. The molecule has 0 heterocycles. The molecule has 0 aromatic rings. The van der Waals surface area contributed by atoms with Crippen LogP contribution < -0.4 is 0 Å². The second-order valence-electron chi connectivity index (χ2n) is 8.22. The Hall–Kier alpha value is 0.480. The first-order chi connectivity index (χ1) is 12.3. The van der Waals surface area contributed by atoms with Crippen LogP contribution in [0.25, 0.3) is 0 Å². The molecule has 0 amide bonds. The minimum Gasteiger partial charge on any atom is -0.0928 e. The lowest BCUT2D eigenvalue weighted by Gasteiger charge is -2.16. The van der Waals surface area contributed by atoms with Crippen molar-refractivity contribution < 1.29 is 0 Å². The van der Waals surface area contributed by atoms with Gasteiger partial charge >= 0.3 is 0 Å². The van der Waals surface area contributed by atoms with Crippen LogP contribution in [-0.4, -0.2) is 5.33 Å². The molecule has 0 bridgehead atoms. The molecule has 0 fully saturated rings. The minimum absolute atomic E-state index is 1.01. The molecular weight excluding hydrogens is 368 g/mol. The predicted molar refractivity (Wildman–Crippen MR) is 121 cm³/mol. The van der Waals surface area contributed by atoms with Gasteiger partial charge < -0.3 is 0 Å². The molecule has 0 N–H and O–H groups in total. The lowest BCUT2D eigenvalue weighted by atomic mass is 9.90. The van der Waals surface area contributed by atoms with Gasteiger partial charge in [-0.25, -0.2) is 0 Å². The van der Waals surface area contributed by atoms with Crippen LogP contribution in [0, 0.1) is 5.92 Å². The van der Waals surface area contributed by atoms with Crippen LogP contribution >= 0.6 is 15.9 Å². The van der Waals surface area contributed by atoms with Crippen LogP contribution in [0.3, 0.4) is 0 Å². The van der Waals surface area contributed by atoms with Crippen molar-refractivity contribution in [2.45, 2.75) is 142 Å². The highest BCUT2D eigenvalue weighted by Gasteiger charge is 2.08. The molecule has 0 nitrogen and oxygen atoms in total. The second kappa shape index (κ2) is 22.5. The zero-order valence-corrected chi connectivity index (χ0v) is 19.4. The van der Waals surface area contributed by atoms with E-state index in [0.29, 0.717) is 0 Å². The molecule has 0 aliphatic carbocycles. The molecule has 0 radical (unpaired) electrons. The molecule has 0 spiro atoms. The fourth-order valence-electron chi connectivity index (χ4n) is 3.93. The van der Waals surface area contributed by atoms with Crippen molar-refractivity contribution in [2.24, 2.45) is 5.92 Å². The zero-order chi connectivity index (χ0) is 18.4. The average molecular weight is 418 g/mol. The fourth-order valence-corrected chi connectivity index (χ4v) is 4.26. The molecule has 0 unspecified atom stereocenters. The highest BCUT2D eigenvalue weighted by Crippen LogP contribution is 2.23. The molecule has 0 rings (SSSR count). The Morgan fingerprint density at radius 2 is 0.760 bits per heavy atom. The van der Waals surface area contributed by atoms with Gasteiger partial charge in [0.1, 0.15) is 0 Å². The van der Waals surface area contributed by atoms with Crippen molar-refractivity contribution in [1.29, 1.82) is 0 Å². The number of rotatable bonds is 21. The molecule has 25 heavy (non-hydrogen) atoms. The Morgan fingerprint density at radius 3 is 1.12 bits per heavy atom. The van der Waals surface area contributed by atoms with Crippen LogP contribution in [0.1, 0.15) is 142 Å². The van der Waals surface area contributed by atoms with E-state index in [1.54, 1.807) is 0 Å². The van der Waals surface area contributed by atoms with Crippen LogP contribution in [0.15, 0.2) is 0 Å². The van der Waals surface area contributed by atoms with Gasteiger partial charge in [0.25, 0.3) is 0 Å². The normalized spacial score (nSPS) is 11.5. The Kier molecular flexibility index (Phi) is 23.0. The summed E-state index contributed by atoms with van der Waals surface area (Å²) in [6.45, 7) is 4.61. The molecule has 0 aliphatic heterocycles. The lowest BCUT2D eigenvalue weighted by Crippen LogP contribution is -2.02. The largest absolute Gasteiger partial charge is 0.0928 e. The third-order valence-electron chi connectivity index (χ3n) is 5.68. The van der Waals surface area contributed by atoms with Crippen LogP contribution in [0.4, 0.5) is 0 Å². The summed E-state index contributed by atoms with van der Waals surface area (Å²) in [5, 5.41) is 1.19. The minimum atomic E-state index is 1.01. The van der Waals surface area contributed by atoms with Crippen molar-refractivity contribution >= 4 is 15.9 Å². The van der Waals surface area contributed by atoms with E-state index in [4.69, 9.17) is 0 Å². The third kappa shape index (κ3) is 20.6. The monoisotopic (exact) mass is 416 g/mol. The first-order valence-electron chi connectivity index (χ1n) is 11.9. The summed E-state index contributed by atoms with van der Waals surface area (Å²) in [6, 6.07) is 0. The van der Waals surface area contributed by atoms with E-state index in [1.807, 2.05) is 0 Å². The SMILES string of the molecule is CCCCCCCCCCC(CCCBr)CCCCCCCCCC. The molecule has 1 heteroatoms. The van der Waals surface area contributed by atoms with Crippen molar-refractivity contribution in [1.82, 2.24) is 0 Å². The van der Waals surface area contributed by atoms with Gasteiger partial charge in [0.05, 0.1) is 0 Å². The van der Waals surface area contributed by atoms with Crippen LogP contribution in [0.5, 0.6) is 0 Å². The third-order valence-corrected chi connectivity index (χ3v) is 6.24. The fraction of sp³-hybridized carbons (Fsp3) is 1.00. The Balaban J connectivity index is 3.54.